The lowest BCUT2D eigenvalue weighted by molar-refractivity contribution is -0.109. The first kappa shape index (κ1) is 18.2. The van der Waals surface area contributed by atoms with Crippen molar-refractivity contribution in [1.82, 2.24) is 4.98 Å². The molecule has 1 aliphatic heterocycles. The summed E-state index contributed by atoms with van der Waals surface area (Å²) < 4.78 is 25.9. The van der Waals surface area contributed by atoms with Crippen molar-refractivity contribution in [1.29, 1.82) is 0 Å². The van der Waals surface area contributed by atoms with Gasteiger partial charge in [0.05, 0.1) is 17.4 Å². The number of rotatable bonds is 4. The Kier molecular flexibility index (Phi) is 5.33. The van der Waals surface area contributed by atoms with Crippen molar-refractivity contribution in [3.8, 4) is 0 Å². The Morgan fingerprint density at radius 3 is 2.48 bits per heavy atom. The van der Waals surface area contributed by atoms with Gasteiger partial charge < -0.3 is 9.31 Å². The van der Waals surface area contributed by atoms with Crippen molar-refractivity contribution < 1.29 is 18.5 Å². The van der Waals surface area contributed by atoms with E-state index < -0.39 is 24.1 Å². The number of thioether (sulfide) groups is 1. The highest BCUT2D eigenvalue weighted by molar-refractivity contribution is 8.13. The van der Waals surface area contributed by atoms with Gasteiger partial charge in [-0.15, -0.1) is 0 Å². The summed E-state index contributed by atoms with van der Waals surface area (Å²) in [6.07, 6.45) is 4.36. The largest absolute Gasteiger partial charge is 0.491 e. The van der Waals surface area contributed by atoms with Gasteiger partial charge in [0.25, 0.3) is 0 Å². The summed E-state index contributed by atoms with van der Waals surface area (Å²) in [6, 6.07) is 1.58. The molecular formula is C16H21BFNO3S. The molecule has 0 unspecified atom stereocenters. The van der Waals surface area contributed by atoms with Crippen molar-refractivity contribution in [2.45, 2.75) is 45.8 Å². The van der Waals surface area contributed by atoms with Crippen LogP contribution >= 0.6 is 11.8 Å². The van der Waals surface area contributed by atoms with Gasteiger partial charge in [-0.3, -0.25) is 9.78 Å². The fourth-order valence-electron chi connectivity index (χ4n) is 2.06. The summed E-state index contributed by atoms with van der Waals surface area (Å²) in [6.45, 7) is 9.32. The van der Waals surface area contributed by atoms with Crippen LogP contribution in [0.2, 0.25) is 0 Å². The number of hydrogen-bond acceptors (Lipinski definition) is 5. The van der Waals surface area contributed by atoms with Gasteiger partial charge >= 0.3 is 7.12 Å². The summed E-state index contributed by atoms with van der Waals surface area (Å²) in [5, 5.41) is -0.0115. The molecule has 0 spiro atoms. The monoisotopic (exact) mass is 337 g/mol. The fourth-order valence-corrected chi connectivity index (χ4v) is 2.65. The maximum Gasteiger partial charge on any atom is 0.491 e. The minimum Gasteiger partial charge on any atom is -0.400 e. The van der Waals surface area contributed by atoms with Gasteiger partial charge in [0.1, 0.15) is 5.82 Å². The van der Waals surface area contributed by atoms with Gasteiger partial charge in [-0.1, -0.05) is 17.8 Å². The lowest BCUT2D eigenvalue weighted by Gasteiger charge is -2.32. The van der Waals surface area contributed by atoms with E-state index in [1.165, 1.54) is 13.1 Å². The average Bonchev–Trinajstić information content (AvgIpc) is 2.65. The summed E-state index contributed by atoms with van der Waals surface area (Å²) in [5.41, 5.74) is 0.130. The molecule has 0 atom stereocenters. The molecule has 0 saturated carbocycles. The molecule has 23 heavy (non-hydrogen) atoms. The first-order valence-corrected chi connectivity index (χ1v) is 8.40. The van der Waals surface area contributed by atoms with Crippen LogP contribution in [0, 0.1) is 5.82 Å². The Bertz CT molecular complexity index is 618. The molecule has 1 fully saturated rings. The molecule has 0 aromatic carbocycles. The van der Waals surface area contributed by atoms with E-state index >= 15 is 0 Å². The van der Waals surface area contributed by atoms with E-state index in [0.29, 0.717) is 16.8 Å². The van der Waals surface area contributed by atoms with E-state index in [1.54, 1.807) is 12.1 Å². The molecule has 0 bridgehead atoms. The maximum atomic E-state index is 13.9. The van der Waals surface area contributed by atoms with Crippen LogP contribution in [-0.4, -0.2) is 34.2 Å². The number of nitrogens with zero attached hydrogens (tertiary/aromatic N) is 1. The predicted octanol–water partition coefficient (Wildman–Crippen LogP) is 3.52. The second kappa shape index (κ2) is 6.75. The molecule has 1 aliphatic rings. The maximum absolute atomic E-state index is 13.9. The van der Waals surface area contributed by atoms with Crippen molar-refractivity contribution >= 4 is 30.1 Å². The highest BCUT2D eigenvalue weighted by Crippen LogP contribution is 2.39. The van der Waals surface area contributed by atoms with Gasteiger partial charge in [0.2, 0.25) is 0 Å². The zero-order chi connectivity index (χ0) is 17.3. The van der Waals surface area contributed by atoms with Crippen LogP contribution in [0.5, 0.6) is 0 Å². The quantitative estimate of drug-likeness (QED) is 0.787. The van der Waals surface area contributed by atoms with E-state index in [2.05, 4.69) is 4.98 Å². The lowest BCUT2D eigenvalue weighted by Crippen LogP contribution is -2.41. The third-order valence-electron chi connectivity index (χ3n) is 4.14. The summed E-state index contributed by atoms with van der Waals surface area (Å²) in [4.78, 5) is 15.1. The first-order valence-electron chi connectivity index (χ1n) is 7.41. The number of halogens is 1. The van der Waals surface area contributed by atoms with Crippen LogP contribution in [-0.2, 0) is 14.1 Å². The highest BCUT2D eigenvalue weighted by atomic mass is 32.2. The average molecular weight is 337 g/mol. The molecule has 124 valence electrons. The molecule has 2 rings (SSSR count). The fraction of sp³-hybridized carbons (Fsp3) is 0.500. The second-order valence-electron chi connectivity index (χ2n) is 6.48. The Labute approximate surface area is 141 Å². The minimum absolute atomic E-state index is 0.0115. The Morgan fingerprint density at radius 1 is 1.35 bits per heavy atom. The molecule has 2 heterocycles. The van der Waals surface area contributed by atoms with E-state index in [0.717, 1.165) is 18.0 Å². The molecule has 0 amide bonds. The zero-order valence-corrected chi connectivity index (χ0v) is 14.9. The number of pyridine rings is 1. The van der Waals surface area contributed by atoms with Crippen molar-refractivity contribution in [2.75, 3.05) is 5.75 Å². The van der Waals surface area contributed by atoms with Crippen LogP contribution in [0.3, 0.4) is 0 Å². The van der Waals surface area contributed by atoms with Gasteiger partial charge in [0, 0.05) is 24.4 Å². The number of carbonyl (C=O) groups excluding carboxylic acids is 1. The SMILES string of the molecule is CC(=O)SCC(=Cc1ccncc1F)B1OC(C)(C)C(C)(C)O1. The molecular weight excluding hydrogens is 316 g/mol. The lowest BCUT2D eigenvalue weighted by atomic mass is 9.78. The van der Waals surface area contributed by atoms with Crippen molar-refractivity contribution in [2.24, 2.45) is 0 Å². The normalized spacial score (nSPS) is 19.9. The molecule has 1 aromatic heterocycles. The molecule has 1 saturated heterocycles. The van der Waals surface area contributed by atoms with Gasteiger partial charge in [-0.25, -0.2) is 4.39 Å². The first-order chi connectivity index (χ1) is 10.6. The molecule has 1 aromatic rings. The topological polar surface area (TPSA) is 48.4 Å². The molecule has 7 heteroatoms. The Hall–Kier alpha value is -1.18. The number of carbonyl (C=O) groups is 1. The summed E-state index contributed by atoms with van der Waals surface area (Å²) in [5.74, 6) is -0.0390. The van der Waals surface area contributed by atoms with Gasteiger partial charge in [0.15, 0.2) is 5.12 Å². The third kappa shape index (κ3) is 4.22. The predicted molar refractivity (Wildman–Crippen MR) is 91.4 cm³/mol. The van der Waals surface area contributed by atoms with Crippen LogP contribution < -0.4 is 0 Å². The summed E-state index contributed by atoms with van der Waals surface area (Å²) in [7, 11) is -0.612. The van der Waals surface area contributed by atoms with Gasteiger partial charge in [-0.2, -0.15) is 0 Å². The second-order valence-corrected chi connectivity index (χ2v) is 7.64. The van der Waals surface area contributed by atoms with E-state index in [-0.39, 0.29) is 5.12 Å². The van der Waals surface area contributed by atoms with Crippen LogP contribution in [0.1, 0.15) is 40.2 Å². The third-order valence-corrected chi connectivity index (χ3v) is 5.03. The van der Waals surface area contributed by atoms with Gasteiger partial charge in [-0.05, 0) is 39.2 Å². The Morgan fingerprint density at radius 2 is 1.96 bits per heavy atom. The standard InChI is InChI=1S/C16H21BFNO3S/c1-11(20)23-10-13(8-12-6-7-19-9-14(12)18)17-21-15(2,3)16(4,5)22-17/h6-9H,10H2,1-5H3. The van der Waals surface area contributed by atoms with Crippen molar-refractivity contribution in [3.05, 3.63) is 35.3 Å². The minimum atomic E-state index is -0.612. The zero-order valence-electron chi connectivity index (χ0n) is 14.1. The molecule has 0 radical (unpaired) electrons. The number of aromatic nitrogens is 1. The Balaban J connectivity index is 2.32. The van der Waals surface area contributed by atoms with E-state index in [4.69, 9.17) is 9.31 Å². The smallest absolute Gasteiger partial charge is 0.400 e. The highest BCUT2D eigenvalue weighted by Gasteiger charge is 2.52. The number of hydrogen-bond donors (Lipinski definition) is 0. The van der Waals surface area contributed by atoms with E-state index in [1.807, 2.05) is 27.7 Å². The van der Waals surface area contributed by atoms with Crippen molar-refractivity contribution in [3.63, 3.8) is 0 Å². The molecule has 4 nitrogen and oxygen atoms in total. The molecule has 0 aliphatic carbocycles. The van der Waals surface area contributed by atoms with E-state index in [9.17, 15) is 9.18 Å². The summed E-state index contributed by atoms with van der Waals surface area (Å²) >= 11 is 1.15. The van der Waals surface area contributed by atoms with Crippen LogP contribution in [0.25, 0.3) is 6.08 Å². The van der Waals surface area contributed by atoms with Crippen LogP contribution in [0.15, 0.2) is 23.9 Å². The molecule has 0 N–H and O–H groups in total. The van der Waals surface area contributed by atoms with Crippen LogP contribution in [0.4, 0.5) is 4.39 Å².